The van der Waals surface area contributed by atoms with Gasteiger partial charge in [-0.1, -0.05) is 43.9 Å². The molecule has 8 heteroatoms. The number of aryl methyl sites for hydroxylation is 1. The van der Waals surface area contributed by atoms with E-state index < -0.39 is 0 Å². The summed E-state index contributed by atoms with van der Waals surface area (Å²) >= 11 is 2.76. The smallest absolute Gasteiger partial charge is 0.235 e. The van der Waals surface area contributed by atoms with Crippen molar-refractivity contribution in [2.75, 3.05) is 11.1 Å². The van der Waals surface area contributed by atoms with Crippen molar-refractivity contribution in [3.05, 3.63) is 22.8 Å². The Morgan fingerprint density at radius 2 is 2.22 bits per heavy atom. The minimum absolute atomic E-state index is 0.131. The van der Waals surface area contributed by atoms with Crippen molar-refractivity contribution in [3.8, 4) is 6.07 Å². The molecule has 3 rings (SSSR count). The summed E-state index contributed by atoms with van der Waals surface area (Å²) in [5, 5.41) is 23.7. The number of hydrogen-bond acceptors (Lipinski definition) is 6. The van der Waals surface area contributed by atoms with Crippen LogP contribution in [0.25, 0.3) is 0 Å². The van der Waals surface area contributed by atoms with Crippen LogP contribution in [0.3, 0.4) is 0 Å². The molecule has 144 valence electrons. The third-order valence-electron chi connectivity index (χ3n) is 4.98. The van der Waals surface area contributed by atoms with E-state index in [1.165, 1.54) is 61.6 Å². The van der Waals surface area contributed by atoms with E-state index in [-0.39, 0.29) is 11.7 Å². The molecule has 0 atom stereocenters. The van der Waals surface area contributed by atoms with Gasteiger partial charge >= 0.3 is 0 Å². The van der Waals surface area contributed by atoms with Gasteiger partial charge in [-0.15, -0.1) is 21.5 Å². The van der Waals surface area contributed by atoms with E-state index in [1.807, 2.05) is 0 Å². The third kappa shape index (κ3) is 5.33. The molecule has 0 radical (unpaired) electrons. The van der Waals surface area contributed by atoms with E-state index in [0.717, 1.165) is 29.9 Å². The molecule has 2 aromatic heterocycles. The summed E-state index contributed by atoms with van der Waals surface area (Å²) in [7, 11) is 0. The second kappa shape index (κ2) is 9.90. The summed E-state index contributed by atoms with van der Waals surface area (Å²) in [5.41, 5.74) is 0.500. The number of carbonyl (C=O) groups is 1. The lowest BCUT2D eigenvalue weighted by Crippen LogP contribution is -2.14. The maximum absolute atomic E-state index is 12.2. The van der Waals surface area contributed by atoms with Crippen molar-refractivity contribution in [2.45, 2.75) is 63.6 Å². The van der Waals surface area contributed by atoms with Crippen LogP contribution in [-0.2, 0) is 17.8 Å². The van der Waals surface area contributed by atoms with Crippen molar-refractivity contribution in [1.29, 1.82) is 5.26 Å². The van der Waals surface area contributed by atoms with Gasteiger partial charge in [0.25, 0.3) is 0 Å². The van der Waals surface area contributed by atoms with Gasteiger partial charge in [0, 0.05) is 13.0 Å². The Morgan fingerprint density at radius 3 is 2.96 bits per heavy atom. The molecule has 27 heavy (non-hydrogen) atoms. The first-order valence-electron chi connectivity index (χ1n) is 9.53. The lowest BCUT2D eigenvalue weighted by Gasteiger charge is -2.21. The number of aromatic nitrogens is 3. The predicted octanol–water partition coefficient (Wildman–Crippen LogP) is 4.47. The van der Waals surface area contributed by atoms with Crippen LogP contribution in [0.2, 0.25) is 0 Å². The average Bonchev–Trinajstić information content (AvgIpc) is 3.31. The van der Waals surface area contributed by atoms with Crippen LogP contribution >= 0.6 is 23.1 Å². The molecule has 1 N–H and O–H groups in total. The number of carbonyl (C=O) groups excluding carboxylic acids is 1. The molecule has 1 aliphatic carbocycles. The van der Waals surface area contributed by atoms with Gasteiger partial charge in [0.1, 0.15) is 16.9 Å². The number of nitrogens with zero attached hydrogens (tertiary/aromatic N) is 4. The molecule has 0 aliphatic heterocycles. The largest absolute Gasteiger partial charge is 0.316 e. The molecule has 1 amide bonds. The number of thioether (sulfide) groups is 1. The lowest BCUT2D eigenvalue weighted by molar-refractivity contribution is -0.113. The van der Waals surface area contributed by atoms with Crippen molar-refractivity contribution >= 4 is 34.0 Å². The number of rotatable bonds is 8. The number of amides is 1. The average molecular weight is 404 g/mol. The second-order valence-corrected chi connectivity index (χ2v) is 8.66. The minimum atomic E-state index is -0.131. The fourth-order valence-electron chi connectivity index (χ4n) is 3.52. The quantitative estimate of drug-likeness (QED) is 0.657. The number of thiophene rings is 1. The van der Waals surface area contributed by atoms with Crippen LogP contribution in [0.4, 0.5) is 5.00 Å². The molecular formula is C19H25N5OS2. The second-order valence-electron chi connectivity index (χ2n) is 6.80. The van der Waals surface area contributed by atoms with Gasteiger partial charge in [-0.25, -0.2) is 0 Å². The van der Waals surface area contributed by atoms with Crippen molar-refractivity contribution in [3.63, 3.8) is 0 Å². The third-order valence-corrected chi connectivity index (χ3v) is 6.78. The van der Waals surface area contributed by atoms with Crippen molar-refractivity contribution in [2.24, 2.45) is 5.92 Å². The van der Waals surface area contributed by atoms with Crippen molar-refractivity contribution in [1.82, 2.24) is 14.8 Å². The van der Waals surface area contributed by atoms with Gasteiger partial charge in [0.15, 0.2) is 5.16 Å². The fraction of sp³-hybridized carbons (Fsp3) is 0.579. The van der Waals surface area contributed by atoms with Gasteiger partial charge < -0.3 is 9.88 Å². The van der Waals surface area contributed by atoms with Crippen LogP contribution < -0.4 is 5.32 Å². The van der Waals surface area contributed by atoms with E-state index in [0.29, 0.717) is 10.6 Å². The maximum Gasteiger partial charge on any atom is 0.235 e. The minimum Gasteiger partial charge on any atom is -0.316 e. The first-order chi connectivity index (χ1) is 13.2. The molecule has 0 aromatic carbocycles. The highest BCUT2D eigenvalue weighted by atomic mass is 32.2. The molecule has 0 unspecified atom stereocenters. The van der Waals surface area contributed by atoms with Gasteiger partial charge in [-0.3, -0.25) is 4.79 Å². The van der Waals surface area contributed by atoms with E-state index in [1.54, 1.807) is 11.4 Å². The molecule has 1 saturated carbocycles. The highest BCUT2D eigenvalue weighted by Crippen LogP contribution is 2.28. The molecule has 0 spiro atoms. The fourth-order valence-corrected chi connectivity index (χ4v) is 5.10. The zero-order chi connectivity index (χ0) is 19.1. The highest BCUT2D eigenvalue weighted by molar-refractivity contribution is 7.99. The first kappa shape index (κ1) is 19.9. The predicted molar refractivity (Wildman–Crippen MR) is 109 cm³/mol. The van der Waals surface area contributed by atoms with Crippen LogP contribution in [0.15, 0.2) is 16.6 Å². The van der Waals surface area contributed by atoms with Crippen LogP contribution in [0.5, 0.6) is 0 Å². The summed E-state index contributed by atoms with van der Waals surface area (Å²) in [6.07, 6.45) is 8.92. The standard InChI is InChI=1S/C19H25N5OS2/c1-2-24-16(9-8-14-6-4-3-5-7-14)22-23-19(24)27-13-17(25)21-18-15(12-20)10-11-26-18/h10-11,14H,2-9,13H2,1H3,(H,21,25). The van der Waals surface area contributed by atoms with E-state index in [2.05, 4.69) is 33.1 Å². The number of anilines is 1. The molecule has 0 saturated heterocycles. The van der Waals surface area contributed by atoms with Gasteiger partial charge in [0.05, 0.1) is 11.3 Å². The van der Waals surface area contributed by atoms with Crippen LogP contribution in [0, 0.1) is 17.2 Å². The lowest BCUT2D eigenvalue weighted by atomic mass is 9.86. The van der Waals surface area contributed by atoms with E-state index in [9.17, 15) is 4.79 Å². The first-order valence-corrected chi connectivity index (χ1v) is 11.4. The molecule has 6 nitrogen and oxygen atoms in total. The van der Waals surface area contributed by atoms with E-state index >= 15 is 0 Å². The van der Waals surface area contributed by atoms with Crippen LogP contribution in [-0.4, -0.2) is 26.4 Å². The molecule has 0 bridgehead atoms. The summed E-state index contributed by atoms with van der Waals surface area (Å²) in [6, 6.07) is 3.79. The zero-order valence-corrected chi connectivity index (χ0v) is 17.2. The number of nitrogens with one attached hydrogen (secondary N) is 1. The normalized spacial score (nSPS) is 14.8. The summed E-state index contributed by atoms with van der Waals surface area (Å²) in [4.78, 5) is 12.2. The Morgan fingerprint density at radius 1 is 1.41 bits per heavy atom. The maximum atomic E-state index is 12.2. The monoisotopic (exact) mass is 403 g/mol. The molecule has 1 aliphatic rings. The molecule has 2 heterocycles. The number of nitriles is 1. The Kier molecular flexibility index (Phi) is 7.30. The zero-order valence-electron chi connectivity index (χ0n) is 15.6. The van der Waals surface area contributed by atoms with E-state index in [4.69, 9.17) is 5.26 Å². The topological polar surface area (TPSA) is 83.6 Å². The van der Waals surface area contributed by atoms with Crippen molar-refractivity contribution < 1.29 is 4.79 Å². The molecule has 2 aromatic rings. The summed E-state index contributed by atoms with van der Waals surface area (Å²) < 4.78 is 2.12. The summed E-state index contributed by atoms with van der Waals surface area (Å²) in [5.74, 6) is 1.97. The molecular weight excluding hydrogens is 378 g/mol. The summed E-state index contributed by atoms with van der Waals surface area (Å²) in [6.45, 7) is 2.89. The van der Waals surface area contributed by atoms with Gasteiger partial charge in [-0.2, -0.15) is 5.26 Å². The Hall–Kier alpha value is -1.85. The Bertz CT molecular complexity index is 801. The van der Waals surface area contributed by atoms with Crippen LogP contribution in [0.1, 0.15) is 56.8 Å². The Labute approximate surface area is 168 Å². The number of hydrogen-bond donors (Lipinski definition) is 1. The Balaban J connectivity index is 1.53. The van der Waals surface area contributed by atoms with Gasteiger partial charge in [-0.05, 0) is 30.7 Å². The highest BCUT2D eigenvalue weighted by Gasteiger charge is 2.17. The van der Waals surface area contributed by atoms with Gasteiger partial charge in [0.2, 0.25) is 5.91 Å². The molecule has 1 fully saturated rings. The SMILES string of the molecule is CCn1c(CCC2CCCCC2)nnc1SCC(=O)Nc1sccc1C#N.